The molecule has 0 unspecified atom stereocenters. The third-order valence-corrected chi connectivity index (χ3v) is 4.22. The highest BCUT2D eigenvalue weighted by atomic mass is 16.5. The molecule has 0 aliphatic carbocycles. The van der Waals surface area contributed by atoms with Gasteiger partial charge < -0.3 is 15.2 Å². The summed E-state index contributed by atoms with van der Waals surface area (Å²) in [6.45, 7) is 4.18. The van der Waals surface area contributed by atoms with E-state index in [1.165, 1.54) is 12.4 Å². The number of aromatic nitrogens is 4. The Labute approximate surface area is 144 Å². The zero-order valence-corrected chi connectivity index (χ0v) is 14.0. The van der Waals surface area contributed by atoms with Gasteiger partial charge in [0.05, 0.1) is 17.2 Å². The lowest BCUT2D eigenvalue weighted by Gasteiger charge is -2.15. The van der Waals surface area contributed by atoms with Gasteiger partial charge in [-0.1, -0.05) is 26.0 Å². The Bertz CT molecular complexity index is 886. The van der Waals surface area contributed by atoms with Crippen molar-refractivity contribution in [2.45, 2.75) is 38.7 Å². The molecule has 1 fully saturated rings. The van der Waals surface area contributed by atoms with E-state index in [9.17, 15) is 9.90 Å². The van der Waals surface area contributed by atoms with Gasteiger partial charge in [-0.3, -0.25) is 4.79 Å². The first-order valence-electron chi connectivity index (χ1n) is 8.27. The number of rotatable bonds is 3. The van der Waals surface area contributed by atoms with Crippen LogP contribution in [-0.2, 0) is 9.53 Å². The van der Waals surface area contributed by atoms with Crippen LogP contribution < -0.4 is 5.32 Å². The highest BCUT2D eigenvalue weighted by molar-refractivity contribution is 6.10. The van der Waals surface area contributed by atoms with Crippen LogP contribution in [0, 0.1) is 5.92 Å². The Morgan fingerprint density at radius 2 is 2.24 bits per heavy atom. The van der Waals surface area contributed by atoms with E-state index < -0.39 is 12.3 Å². The minimum absolute atomic E-state index is 0.172. The summed E-state index contributed by atoms with van der Waals surface area (Å²) in [5, 5.41) is 18.3. The van der Waals surface area contributed by atoms with Crippen molar-refractivity contribution in [1.29, 1.82) is 0 Å². The van der Waals surface area contributed by atoms with Crippen molar-refractivity contribution in [3.8, 4) is 0 Å². The van der Waals surface area contributed by atoms with Gasteiger partial charge in [-0.2, -0.15) is 5.10 Å². The van der Waals surface area contributed by atoms with Crippen LogP contribution in [0.1, 0.15) is 32.2 Å². The fourth-order valence-corrected chi connectivity index (χ4v) is 3.07. The van der Waals surface area contributed by atoms with Crippen LogP contribution in [0.25, 0.3) is 17.1 Å². The summed E-state index contributed by atoms with van der Waals surface area (Å²) in [5.74, 6) is 0.560. The van der Waals surface area contributed by atoms with Crippen LogP contribution >= 0.6 is 0 Å². The van der Waals surface area contributed by atoms with E-state index in [-0.39, 0.29) is 12.0 Å². The number of nitrogens with zero attached hydrogens (tertiary/aromatic N) is 4. The predicted molar refractivity (Wildman–Crippen MR) is 91.5 cm³/mol. The number of carbonyl (C=O) groups is 1. The number of hydrogen-bond acceptors (Lipinski definition) is 6. The minimum Gasteiger partial charge on any atom is -0.388 e. The lowest BCUT2D eigenvalue weighted by molar-refractivity contribution is -0.111. The van der Waals surface area contributed by atoms with Crippen LogP contribution in [0.2, 0.25) is 0 Å². The summed E-state index contributed by atoms with van der Waals surface area (Å²) in [6.07, 6.45) is 7.40. The third-order valence-electron chi connectivity index (χ3n) is 4.22. The molecule has 0 aromatic carbocycles. The fraction of sp³-hybridized carbons (Fsp3) is 0.412. The quantitative estimate of drug-likeness (QED) is 0.823. The van der Waals surface area contributed by atoms with Crippen molar-refractivity contribution in [3.05, 3.63) is 30.2 Å². The summed E-state index contributed by atoms with van der Waals surface area (Å²) < 4.78 is 7.56. The number of aliphatic hydroxyl groups excluding tert-OH is 1. The number of hydrogen-bond donors (Lipinski definition) is 2. The summed E-state index contributed by atoms with van der Waals surface area (Å²) in [5.41, 5.74) is 1.09. The highest BCUT2D eigenvalue weighted by Gasteiger charge is 2.36. The summed E-state index contributed by atoms with van der Waals surface area (Å²) in [6, 6.07) is 0. The number of carbonyl (C=O) groups excluding carboxylic acids is 1. The molecule has 8 nitrogen and oxygen atoms in total. The molecule has 2 aromatic heterocycles. The molecule has 0 spiro atoms. The topological polar surface area (TPSA) is 102 Å². The number of allylic oxidation sites excluding steroid dienone is 1. The average Bonchev–Trinajstić information content (AvgIpc) is 3.07. The second-order valence-electron chi connectivity index (χ2n) is 6.57. The first-order chi connectivity index (χ1) is 12.0. The van der Waals surface area contributed by atoms with Crippen molar-refractivity contribution in [3.63, 3.8) is 0 Å². The molecule has 1 saturated heterocycles. The smallest absolute Gasteiger partial charge is 0.249 e. The maximum absolute atomic E-state index is 11.7. The van der Waals surface area contributed by atoms with E-state index >= 15 is 0 Å². The molecule has 0 radical (unpaired) electrons. The van der Waals surface area contributed by atoms with Gasteiger partial charge in [0.1, 0.15) is 18.2 Å². The first kappa shape index (κ1) is 15.9. The predicted octanol–water partition coefficient (Wildman–Crippen LogP) is 1.65. The second-order valence-corrected chi connectivity index (χ2v) is 6.57. The molecule has 25 heavy (non-hydrogen) atoms. The number of aliphatic hydroxyl groups is 1. The molecule has 2 aromatic rings. The maximum Gasteiger partial charge on any atom is 0.249 e. The molecule has 2 aliphatic rings. The number of ether oxygens (including phenoxy) is 1. The summed E-state index contributed by atoms with van der Waals surface area (Å²) in [4.78, 5) is 20.1. The SMILES string of the molecule is CC(C)/C=C/[C@@H]1C[C@@H](O)[C@H](n2nc3c4c(ncnc42)NC(=O)C=C3)O1. The molecule has 4 rings (SSSR count). The molecule has 2 N–H and O–H groups in total. The Kier molecular flexibility index (Phi) is 3.85. The Hall–Kier alpha value is -2.58. The Balaban J connectivity index is 1.73. The second kappa shape index (κ2) is 6.05. The normalized spacial score (nSPS) is 25.9. The maximum atomic E-state index is 11.7. The summed E-state index contributed by atoms with van der Waals surface area (Å²) in [7, 11) is 0. The Morgan fingerprint density at radius 3 is 3.04 bits per heavy atom. The van der Waals surface area contributed by atoms with E-state index in [2.05, 4.69) is 40.3 Å². The van der Waals surface area contributed by atoms with Crippen molar-refractivity contribution in [1.82, 2.24) is 19.7 Å². The van der Waals surface area contributed by atoms with Gasteiger partial charge in [-0.05, 0) is 12.0 Å². The van der Waals surface area contributed by atoms with E-state index in [0.29, 0.717) is 34.9 Å². The average molecular weight is 341 g/mol. The number of nitrogens with one attached hydrogen (secondary N) is 1. The monoisotopic (exact) mass is 341 g/mol. The summed E-state index contributed by atoms with van der Waals surface area (Å²) >= 11 is 0. The molecule has 130 valence electrons. The molecule has 8 heteroatoms. The van der Waals surface area contributed by atoms with Gasteiger partial charge in [-0.25, -0.2) is 14.6 Å². The molecular weight excluding hydrogens is 322 g/mol. The molecule has 0 saturated carbocycles. The van der Waals surface area contributed by atoms with Gasteiger partial charge in [0.2, 0.25) is 5.91 Å². The van der Waals surface area contributed by atoms with Gasteiger partial charge in [0.15, 0.2) is 11.9 Å². The number of anilines is 1. The van der Waals surface area contributed by atoms with Gasteiger partial charge in [0, 0.05) is 12.5 Å². The molecule has 4 heterocycles. The highest BCUT2D eigenvalue weighted by Crippen LogP contribution is 2.34. The van der Waals surface area contributed by atoms with Crippen LogP contribution in [-0.4, -0.2) is 43.0 Å². The standard InChI is InChI=1S/C17H19N5O3/c1-9(2)3-4-10-7-12(23)17(25-10)22-16-14-11(21-22)5-6-13(24)20-15(14)18-8-19-16/h3-6,8-10,12,17,23H,7H2,1-2H3,(H,18,19,20,24)/b4-3+/t10-,12-,17-/m1/s1. The van der Waals surface area contributed by atoms with E-state index in [1.54, 1.807) is 10.8 Å². The molecule has 2 aliphatic heterocycles. The van der Waals surface area contributed by atoms with Crippen molar-refractivity contribution in [2.24, 2.45) is 5.92 Å². The molecule has 0 bridgehead atoms. The minimum atomic E-state index is -0.697. The Morgan fingerprint density at radius 1 is 1.40 bits per heavy atom. The third kappa shape index (κ3) is 2.83. The van der Waals surface area contributed by atoms with Crippen LogP contribution in [0.15, 0.2) is 24.6 Å². The fourth-order valence-electron chi connectivity index (χ4n) is 3.07. The van der Waals surface area contributed by atoms with Gasteiger partial charge >= 0.3 is 0 Å². The van der Waals surface area contributed by atoms with Crippen LogP contribution in [0.4, 0.5) is 5.82 Å². The lowest BCUT2D eigenvalue weighted by atomic mass is 10.1. The van der Waals surface area contributed by atoms with Crippen molar-refractivity contribution in [2.75, 3.05) is 5.32 Å². The van der Waals surface area contributed by atoms with Crippen LogP contribution in [0.3, 0.4) is 0 Å². The molecule has 1 amide bonds. The van der Waals surface area contributed by atoms with Gasteiger partial charge in [-0.15, -0.1) is 0 Å². The number of amides is 1. The lowest BCUT2D eigenvalue weighted by Crippen LogP contribution is -2.21. The van der Waals surface area contributed by atoms with Crippen molar-refractivity contribution < 1.29 is 14.6 Å². The van der Waals surface area contributed by atoms with Gasteiger partial charge in [0.25, 0.3) is 0 Å². The molecular formula is C17H19N5O3. The zero-order valence-electron chi connectivity index (χ0n) is 14.0. The van der Waals surface area contributed by atoms with Crippen molar-refractivity contribution >= 4 is 28.8 Å². The largest absolute Gasteiger partial charge is 0.388 e. The van der Waals surface area contributed by atoms with E-state index in [4.69, 9.17) is 4.74 Å². The zero-order chi connectivity index (χ0) is 17.6. The molecule has 3 atom stereocenters. The van der Waals surface area contributed by atoms with Crippen LogP contribution in [0.5, 0.6) is 0 Å². The first-order valence-corrected chi connectivity index (χ1v) is 8.27. The van der Waals surface area contributed by atoms with E-state index in [1.807, 2.05) is 6.08 Å². The van der Waals surface area contributed by atoms with E-state index in [0.717, 1.165) is 0 Å².